The van der Waals surface area contributed by atoms with Gasteiger partial charge in [-0.25, -0.2) is 0 Å². The molecule has 2 bridgehead atoms. The first-order valence-corrected chi connectivity index (χ1v) is 7.80. The van der Waals surface area contributed by atoms with Crippen molar-refractivity contribution >= 4 is 30.1 Å². The number of rotatable bonds is 4. The molecular weight excluding hydrogens is 294 g/mol. The number of thioether (sulfide) groups is 1. The van der Waals surface area contributed by atoms with E-state index >= 15 is 0 Å². The van der Waals surface area contributed by atoms with Crippen molar-refractivity contribution in [2.75, 3.05) is 0 Å². The van der Waals surface area contributed by atoms with Crippen LogP contribution in [0.4, 0.5) is 0 Å². The van der Waals surface area contributed by atoms with E-state index in [1.807, 2.05) is 23.9 Å². The Hall–Kier alpha value is -0.710. The predicted octanol–water partition coefficient (Wildman–Crippen LogP) is 3.11. The van der Waals surface area contributed by atoms with Crippen molar-refractivity contribution in [1.29, 1.82) is 0 Å². The van der Waals surface area contributed by atoms with Crippen LogP contribution in [0.15, 0.2) is 29.2 Å². The lowest BCUT2D eigenvalue weighted by Gasteiger charge is -2.28. The molecule has 3 atom stereocenters. The lowest BCUT2D eigenvalue weighted by Crippen LogP contribution is -2.39. The summed E-state index contributed by atoms with van der Waals surface area (Å²) >= 11 is 1.95. The number of piperidine rings is 1. The first-order valence-electron chi connectivity index (χ1n) is 6.92. The molecule has 2 aliphatic rings. The van der Waals surface area contributed by atoms with Crippen molar-refractivity contribution in [3.63, 3.8) is 0 Å². The Labute approximate surface area is 129 Å². The van der Waals surface area contributed by atoms with Gasteiger partial charge in [0, 0.05) is 22.2 Å². The van der Waals surface area contributed by atoms with Crippen LogP contribution >= 0.6 is 24.2 Å². The highest BCUT2D eigenvalue weighted by molar-refractivity contribution is 8.00. The van der Waals surface area contributed by atoms with Crippen LogP contribution in [0.25, 0.3) is 0 Å². The van der Waals surface area contributed by atoms with Gasteiger partial charge in [-0.3, -0.25) is 4.79 Å². The Balaban J connectivity index is 0.00000147. The minimum atomic E-state index is -0.768. The first kappa shape index (κ1) is 15.7. The Morgan fingerprint density at radius 3 is 2.35 bits per heavy atom. The maximum atomic E-state index is 10.6. The maximum absolute atomic E-state index is 10.6. The van der Waals surface area contributed by atoms with Crippen LogP contribution in [0, 0.1) is 0 Å². The van der Waals surface area contributed by atoms with Crippen molar-refractivity contribution in [1.82, 2.24) is 5.32 Å². The number of carboxylic acid groups (broad SMARTS) is 1. The SMILES string of the molecule is Cl.O=C(O)Cc1ccc(SC2C[C@H]3CC[C@@H](C2)N3)cc1. The number of hydrogen-bond acceptors (Lipinski definition) is 3. The summed E-state index contributed by atoms with van der Waals surface area (Å²) in [6, 6.07) is 9.45. The topological polar surface area (TPSA) is 49.3 Å². The monoisotopic (exact) mass is 313 g/mol. The molecular formula is C15H20ClNO2S. The molecule has 1 aromatic carbocycles. The third-order valence-electron chi connectivity index (χ3n) is 4.01. The summed E-state index contributed by atoms with van der Waals surface area (Å²) in [5.74, 6) is -0.768. The van der Waals surface area contributed by atoms with Gasteiger partial charge in [0.1, 0.15) is 0 Å². The summed E-state index contributed by atoms with van der Waals surface area (Å²) in [7, 11) is 0. The number of halogens is 1. The summed E-state index contributed by atoms with van der Waals surface area (Å²) in [6.45, 7) is 0. The zero-order chi connectivity index (χ0) is 13.2. The maximum Gasteiger partial charge on any atom is 0.307 e. The first-order chi connectivity index (χ1) is 9.19. The highest BCUT2D eigenvalue weighted by Gasteiger charge is 2.33. The van der Waals surface area contributed by atoms with Gasteiger partial charge in [0.2, 0.25) is 0 Å². The highest BCUT2D eigenvalue weighted by atomic mass is 35.5. The Morgan fingerprint density at radius 2 is 1.80 bits per heavy atom. The summed E-state index contributed by atoms with van der Waals surface area (Å²) in [4.78, 5) is 11.9. The van der Waals surface area contributed by atoms with Crippen LogP contribution in [-0.4, -0.2) is 28.4 Å². The fourth-order valence-corrected chi connectivity index (χ4v) is 4.49. The summed E-state index contributed by atoms with van der Waals surface area (Å²) in [6.07, 6.45) is 5.30. The van der Waals surface area contributed by atoms with Gasteiger partial charge in [0.15, 0.2) is 0 Å². The summed E-state index contributed by atoms with van der Waals surface area (Å²) in [5.41, 5.74) is 0.877. The number of aliphatic carboxylic acids is 1. The van der Waals surface area contributed by atoms with E-state index < -0.39 is 5.97 Å². The molecule has 2 saturated heterocycles. The number of carbonyl (C=O) groups is 1. The Kier molecular flexibility index (Phi) is 5.35. The third kappa shape index (κ3) is 3.90. The number of hydrogen-bond donors (Lipinski definition) is 2. The molecule has 1 unspecified atom stereocenters. The number of carboxylic acids is 1. The van der Waals surface area contributed by atoms with Crippen LogP contribution in [0.2, 0.25) is 0 Å². The fourth-order valence-electron chi connectivity index (χ4n) is 3.15. The van der Waals surface area contributed by atoms with Gasteiger partial charge >= 0.3 is 5.97 Å². The average Bonchev–Trinajstić information content (AvgIpc) is 2.71. The molecule has 3 rings (SSSR count). The van der Waals surface area contributed by atoms with Crippen LogP contribution in [-0.2, 0) is 11.2 Å². The molecule has 1 aromatic rings. The molecule has 0 saturated carbocycles. The number of nitrogens with one attached hydrogen (secondary N) is 1. The van der Waals surface area contributed by atoms with E-state index in [1.54, 1.807) is 0 Å². The van der Waals surface area contributed by atoms with E-state index in [9.17, 15) is 4.79 Å². The molecule has 0 radical (unpaired) electrons. The second-order valence-corrected chi connectivity index (χ2v) is 6.94. The molecule has 2 N–H and O–H groups in total. The van der Waals surface area contributed by atoms with Crippen molar-refractivity contribution in [2.24, 2.45) is 0 Å². The van der Waals surface area contributed by atoms with Crippen molar-refractivity contribution in [3.05, 3.63) is 29.8 Å². The third-order valence-corrected chi connectivity index (χ3v) is 5.27. The number of fused-ring (bicyclic) bond motifs is 2. The minimum Gasteiger partial charge on any atom is -0.481 e. The Bertz CT molecular complexity index is 453. The van der Waals surface area contributed by atoms with Gasteiger partial charge in [-0.05, 0) is 43.4 Å². The van der Waals surface area contributed by atoms with Gasteiger partial charge in [0.25, 0.3) is 0 Å². The average molecular weight is 314 g/mol. The Morgan fingerprint density at radius 1 is 1.20 bits per heavy atom. The van der Waals surface area contributed by atoms with Gasteiger partial charge in [-0.1, -0.05) is 12.1 Å². The largest absolute Gasteiger partial charge is 0.481 e. The normalized spacial score (nSPS) is 27.9. The lowest BCUT2D eigenvalue weighted by atomic mass is 10.1. The van der Waals surface area contributed by atoms with Crippen LogP contribution < -0.4 is 5.32 Å². The molecule has 5 heteroatoms. The van der Waals surface area contributed by atoms with Gasteiger partial charge in [0.05, 0.1) is 6.42 Å². The molecule has 0 aliphatic carbocycles. The molecule has 0 amide bonds. The second kappa shape index (κ2) is 6.83. The van der Waals surface area contributed by atoms with E-state index in [4.69, 9.17) is 5.11 Å². The van der Waals surface area contributed by atoms with Crippen LogP contribution in [0.1, 0.15) is 31.2 Å². The van der Waals surface area contributed by atoms with Crippen LogP contribution in [0.3, 0.4) is 0 Å². The predicted molar refractivity (Wildman–Crippen MR) is 83.9 cm³/mol. The second-order valence-electron chi connectivity index (χ2n) is 5.56. The minimum absolute atomic E-state index is 0. The smallest absolute Gasteiger partial charge is 0.307 e. The van der Waals surface area contributed by atoms with E-state index in [-0.39, 0.29) is 18.8 Å². The molecule has 2 heterocycles. The van der Waals surface area contributed by atoms with Crippen molar-refractivity contribution in [2.45, 2.75) is 54.3 Å². The summed E-state index contributed by atoms with van der Waals surface area (Å²) < 4.78 is 0. The lowest BCUT2D eigenvalue weighted by molar-refractivity contribution is -0.136. The molecule has 3 nitrogen and oxygen atoms in total. The summed E-state index contributed by atoms with van der Waals surface area (Å²) in [5, 5.41) is 13.1. The molecule has 2 aliphatic heterocycles. The molecule has 20 heavy (non-hydrogen) atoms. The number of benzene rings is 1. The van der Waals surface area contributed by atoms with Crippen molar-refractivity contribution in [3.8, 4) is 0 Å². The van der Waals surface area contributed by atoms with Crippen molar-refractivity contribution < 1.29 is 9.90 Å². The standard InChI is InChI=1S/C15H19NO2S.ClH/c17-15(18)7-10-1-5-13(6-2-10)19-14-8-11-3-4-12(9-14)16-11;/h1-2,5-6,11-12,14,16H,3-4,7-9H2,(H,17,18);1H/t11-,12+,14?;. The van der Waals surface area contributed by atoms with Gasteiger partial charge < -0.3 is 10.4 Å². The van der Waals surface area contributed by atoms with E-state index in [0.29, 0.717) is 5.25 Å². The van der Waals surface area contributed by atoms with E-state index in [1.165, 1.54) is 30.6 Å². The van der Waals surface area contributed by atoms with Gasteiger partial charge in [-0.15, -0.1) is 24.2 Å². The molecule has 0 spiro atoms. The highest BCUT2D eigenvalue weighted by Crippen LogP contribution is 2.37. The van der Waals surface area contributed by atoms with Gasteiger partial charge in [-0.2, -0.15) is 0 Å². The quantitative estimate of drug-likeness (QED) is 0.896. The van der Waals surface area contributed by atoms with Crippen LogP contribution in [0.5, 0.6) is 0 Å². The molecule has 110 valence electrons. The molecule has 2 fully saturated rings. The zero-order valence-electron chi connectivity index (χ0n) is 11.2. The zero-order valence-corrected chi connectivity index (χ0v) is 12.9. The fraction of sp³-hybridized carbons (Fsp3) is 0.533. The van der Waals surface area contributed by atoms with E-state index in [2.05, 4.69) is 17.4 Å². The molecule has 0 aromatic heterocycles. The van der Waals surface area contributed by atoms with E-state index in [0.717, 1.165) is 17.6 Å².